The Bertz CT molecular complexity index is 1610. The summed E-state index contributed by atoms with van der Waals surface area (Å²) in [6, 6.07) is 5.64. The van der Waals surface area contributed by atoms with E-state index in [1.54, 1.807) is 6.92 Å². The third-order valence-electron chi connectivity index (χ3n) is 6.58. The van der Waals surface area contributed by atoms with Crippen LogP contribution < -0.4 is 15.3 Å². The van der Waals surface area contributed by atoms with Crippen molar-refractivity contribution in [3.8, 4) is 35.4 Å². The number of nitrogens with zero attached hydrogens (tertiary/aromatic N) is 3. The summed E-state index contributed by atoms with van der Waals surface area (Å²) >= 11 is 0. The van der Waals surface area contributed by atoms with Crippen LogP contribution in [0.15, 0.2) is 33.5 Å². The van der Waals surface area contributed by atoms with Crippen LogP contribution in [0, 0.1) is 25.1 Å². The fraction of sp³-hybridized carbons (Fsp3) is 0.296. The molecule has 1 fully saturated rings. The zero-order valence-electron chi connectivity index (χ0n) is 19.8. The smallest absolute Gasteiger partial charge is 0.349 e. The van der Waals surface area contributed by atoms with Crippen molar-refractivity contribution >= 4 is 27.5 Å². The van der Waals surface area contributed by atoms with Gasteiger partial charge in [0.1, 0.15) is 22.7 Å². The summed E-state index contributed by atoms with van der Waals surface area (Å²) in [5.74, 6) is 2.14. The summed E-state index contributed by atoms with van der Waals surface area (Å²) in [7, 11) is 1.43. The molecule has 0 aliphatic carbocycles. The van der Waals surface area contributed by atoms with Crippen molar-refractivity contribution in [1.82, 2.24) is 9.97 Å². The monoisotopic (exact) mass is 489 g/mol. The molecule has 8 nitrogen and oxygen atoms in total. The third-order valence-corrected chi connectivity index (χ3v) is 6.58. The van der Waals surface area contributed by atoms with E-state index in [1.165, 1.54) is 31.4 Å². The fourth-order valence-corrected chi connectivity index (χ4v) is 4.83. The number of hydrogen-bond acceptors (Lipinski definition) is 8. The van der Waals surface area contributed by atoms with Crippen LogP contribution >= 0.6 is 0 Å². The van der Waals surface area contributed by atoms with Crippen molar-refractivity contribution in [3.05, 3.63) is 51.6 Å². The van der Waals surface area contributed by atoms with Gasteiger partial charge in [-0.05, 0) is 49.8 Å². The van der Waals surface area contributed by atoms with E-state index in [4.69, 9.17) is 15.6 Å². The Morgan fingerprint density at radius 2 is 2.03 bits per heavy atom. The fourth-order valence-electron chi connectivity index (χ4n) is 4.83. The number of phenolic OH excluding ortho intramolecular Hbond substituents is 1. The van der Waals surface area contributed by atoms with Crippen molar-refractivity contribution < 1.29 is 23.8 Å². The van der Waals surface area contributed by atoms with Crippen LogP contribution in [0.2, 0.25) is 0 Å². The zero-order valence-corrected chi connectivity index (χ0v) is 19.8. The van der Waals surface area contributed by atoms with Gasteiger partial charge < -0.3 is 24.3 Å². The van der Waals surface area contributed by atoms with Crippen LogP contribution in [0.4, 0.5) is 10.2 Å². The molecule has 36 heavy (non-hydrogen) atoms. The normalized spacial score (nSPS) is 16.2. The van der Waals surface area contributed by atoms with E-state index < -0.39 is 17.5 Å². The first-order chi connectivity index (χ1) is 17.3. The van der Waals surface area contributed by atoms with Gasteiger partial charge >= 0.3 is 11.6 Å². The highest BCUT2D eigenvalue weighted by atomic mass is 19.1. The number of aryl methyl sites for hydroxylation is 1. The number of hydrogen-bond donors (Lipinski definition) is 2. The molecule has 5 rings (SSSR count). The molecule has 184 valence electrons. The van der Waals surface area contributed by atoms with Crippen LogP contribution in [0.1, 0.15) is 30.4 Å². The molecule has 2 aromatic carbocycles. The van der Waals surface area contributed by atoms with Crippen LogP contribution in [0.3, 0.4) is 0 Å². The highest BCUT2D eigenvalue weighted by molar-refractivity contribution is 6.03. The molecule has 0 spiro atoms. The molecule has 4 aromatic rings. The lowest BCUT2D eigenvalue weighted by atomic mass is 9.95. The number of ether oxygens (including phenoxy) is 1. The number of aromatic nitrogens is 2. The first-order valence-electron chi connectivity index (χ1n) is 11.6. The molecule has 0 amide bonds. The number of methoxy groups -OCH3 is 1. The minimum Gasteiger partial charge on any atom is -0.508 e. The number of aliphatic hydroxyl groups excluding tert-OH is 1. The van der Waals surface area contributed by atoms with Gasteiger partial charge in [0.05, 0.1) is 24.3 Å². The number of terminal acetylenes is 1. The maximum atomic E-state index is 14.6. The molecule has 0 saturated carbocycles. The molecule has 1 saturated heterocycles. The summed E-state index contributed by atoms with van der Waals surface area (Å²) in [6.07, 6.45) is 7.12. The maximum absolute atomic E-state index is 14.6. The Balaban J connectivity index is 1.82. The van der Waals surface area contributed by atoms with Gasteiger partial charge in [-0.1, -0.05) is 12.0 Å². The van der Waals surface area contributed by atoms with Crippen LogP contribution in [-0.2, 0) is 0 Å². The van der Waals surface area contributed by atoms with E-state index in [9.17, 15) is 19.4 Å². The van der Waals surface area contributed by atoms with Gasteiger partial charge in [0.25, 0.3) is 0 Å². The first-order valence-corrected chi connectivity index (χ1v) is 11.6. The van der Waals surface area contributed by atoms with E-state index in [0.717, 1.165) is 6.42 Å². The molecule has 1 unspecified atom stereocenters. The summed E-state index contributed by atoms with van der Waals surface area (Å²) in [4.78, 5) is 24.3. The maximum Gasteiger partial charge on any atom is 0.349 e. The van der Waals surface area contributed by atoms with Crippen molar-refractivity contribution in [1.29, 1.82) is 0 Å². The predicted octanol–water partition coefficient (Wildman–Crippen LogP) is 3.90. The Morgan fingerprint density at radius 3 is 2.78 bits per heavy atom. The largest absolute Gasteiger partial charge is 0.508 e. The van der Waals surface area contributed by atoms with Gasteiger partial charge in [-0.3, -0.25) is 0 Å². The summed E-state index contributed by atoms with van der Waals surface area (Å²) in [6.45, 7) is 2.81. The standard InChI is InChI=1S/C27H24FN3O5/c1-4-18-20(28)8-7-15-12-17(33)13-19(21(15)18)24-14(2)23-22(26(34)36-24)25(30-27(29-23)35-3)31-10-5-6-16(32)9-11-31/h1,7-8,12-13,16,32-33H,5-6,9-11H2,2-3H3. The predicted molar refractivity (Wildman–Crippen MR) is 134 cm³/mol. The Labute approximate surface area is 206 Å². The van der Waals surface area contributed by atoms with Crippen LogP contribution in [-0.4, -0.2) is 46.5 Å². The number of aromatic hydroxyl groups is 1. The van der Waals surface area contributed by atoms with E-state index >= 15 is 0 Å². The molecule has 0 bridgehead atoms. The Hall–Kier alpha value is -4.16. The number of anilines is 1. The van der Waals surface area contributed by atoms with E-state index in [2.05, 4.69) is 15.9 Å². The first kappa shape index (κ1) is 23.6. The van der Waals surface area contributed by atoms with Crippen LogP contribution in [0.5, 0.6) is 11.8 Å². The molecule has 3 heterocycles. The molecule has 1 aliphatic heterocycles. The van der Waals surface area contributed by atoms with Gasteiger partial charge in [-0.15, -0.1) is 6.42 Å². The highest BCUT2D eigenvalue weighted by Crippen LogP contribution is 2.39. The van der Waals surface area contributed by atoms with E-state index in [0.29, 0.717) is 53.6 Å². The second-order valence-corrected chi connectivity index (χ2v) is 8.83. The lowest BCUT2D eigenvalue weighted by molar-refractivity contribution is 0.161. The highest BCUT2D eigenvalue weighted by Gasteiger charge is 2.26. The average molecular weight is 490 g/mol. The third kappa shape index (κ3) is 3.89. The quantitative estimate of drug-likeness (QED) is 0.417. The number of fused-ring (bicyclic) bond motifs is 2. The molecule has 1 atom stereocenters. The summed E-state index contributed by atoms with van der Waals surface area (Å²) < 4.78 is 25.8. The SMILES string of the molecule is C#Cc1c(F)ccc2cc(O)cc(-c3oc(=O)c4c(N5CCCC(O)CC5)nc(OC)nc4c3C)c12. The van der Waals surface area contributed by atoms with Crippen LogP contribution in [0.25, 0.3) is 33.0 Å². The number of rotatable bonds is 3. The molecular formula is C27H24FN3O5. The number of benzene rings is 2. The van der Waals surface area contributed by atoms with Gasteiger partial charge in [-0.25, -0.2) is 9.18 Å². The van der Waals surface area contributed by atoms with Crippen molar-refractivity contribution in [3.63, 3.8) is 0 Å². The second-order valence-electron chi connectivity index (χ2n) is 8.83. The Morgan fingerprint density at radius 1 is 1.22 bits per heavy atom. The van der Waals surface area contributed by atoms with Gasteiger partial charge in [0, 0.05) is 29.6 Å². The van der Waals surface area contributed by atoms with Crippen molar-refractivity contribution in [2.75, 3.05) is 25.1 Å². The molecule has 0 radical (unpaired) electrons. The minimum atomic E-state index is -0.691. The molecule has 2 aromatic heterocycles. The van der Waals surface area contributed by atoms with Crippen molar-refractivity contribution in [2.45, 2.75) is 32.3 Å². The summed E-state index contributed by atoms with van der Waals surface area (Å²) in [5, 5.41) is 21.5. The zero-order chi connectivity index (χ0) is 25.6. The van der Waals surface area contributed by atoms with E-state index in [1.807, 2.05) is 4.90 Å². The molecular weight excluding hydrogens is 465 g/mol. The number of halogens is 1. The van der Waals surface area contributed by atoms with E-state index in [-0.39, 0.29) is 34.0 Å². The van der Waals surface area contributed by atoms with Gasteiger partial charge in [0.2, 0.25) is 0 Å². The minimum absolute atomic E-state index is 0.00581. The van der Waals surface area contributed by atoms with Crippen molar-refractivity contribution in [2.24, 2.45) is 0 Å². The lowest BCUT2D eigenvalue weighted by Crippen LogP contribution is -2.27. The van der Waals surface area contributed by atoms with Gasteiger partial charge in [-0.2, -0.15) is 9.97 Å². The molecule has 2 N–H and O–H groups in total. The molecule has 1 aliphatic rings. The topological polar surface area (TPSA) is 109 Å². The molecule has 9 heteroatoms. The summed E-state index contributed by atoms with van der Waals surface area (Å²) in [5.41, 5.74) is 0.353. The lowest BCUT2D eigenvalue weighted by Gasteiger charge is -2.23. The average Bonchev–Trinajstić information content (AvgIpc) is 3.09. The Kier molecular flexibility index (Phi) is 5.98. The van der Waals surface area contributed by atoms with Gasteiger partial charge in [0.15, 0.2) is 5.82 Å². The second kappa shape index (κ2) is 9.13. The number of phenols is 1. The number of aliphatic hydroxyl groups is 1.